The van der Waals surface area contributed by atoms with Gasteiger partial charge in [-0.3, -0.25) is 9.78 Å². The molecule has 1 atom stereocenters. The summed E-state index contributed by atoms with van der Waals surface area (Å²) in [4.78, 5) is 17.9. The van der Waals surface area contributed by atoms with Gasteiger partial charge < -0.3 is 10.6 Å². The van der Waals surface area contributed by atoms with Crippen LogP contribution >= 0.6 is 0 Å². The lowest BCUT2D eigenvalue weighted by Crippen LogP contribution is -2.38. The van der Waals surface area contributed by atoms with Crippen LogP contribution in [-0.4, -0.2) is 48.8 Å². The van der Waals surface area contributed by atoms with Crippen LogP contribution in [0.15, 0.2) is 12.3 Å². The van der Waals surface area contributed by atoms with Gasteiger partial charge in [-0.05, 0) is 19.4 Å². The van der Waals surface area contributed by atoms with Gasteiger partial charge in [-0.25, -0.2) is 8.42 Å². The van der Waals surface area contributed by atoms with Crippen LogP contribution in [0.25, 0.3) is 0 Å². The summed E-state index contributed by atoms with van der Waals surface area (Å²) >= 11 is 0. The molecular weight excluding hydrogens is 266 g/mol. The van der Waals surface area contributed by atoms with Gasteiger partial charge in [0.15, 0.2) is 9.84 Å². The predicted octanol–water partition coefficient (Wildman–Crippen LogP) is 0.231. The number of aromatic nitrogens is 1. The number of nitrogens with zero attached hydrogens (tertiary/aromatic N) is 2. The van der Waals surface area contributed by atoms with E-state index in [1.807, 2.05) is 0 Å². The minimum absolute atomic E-state index is 0.0318. The third-order valence-electron chi connectivity index (χ3n) is 3.41. The molecule has 1 aromatic rings. The molecule has 2 N–H and O–H groups in total. The molecule has 0 bridgehead atoms. The van der Waals surface area contributed by atoms with Gasteiger partial charge in [0.25, 0.3) is 5.91 Å². The van der Waals surface area contributed by atoms with Crippen molar-refractivity contribution < 1.29 is 13.2 Å². The number of aryl methyl sites for hydroxylation is 1. The number of sulfone groups is 1. The molecule has 1 aliphatic heterocycles. The van der Waals surface area contributed by atoms with Gasteiger partial charge >= 0.3 is 0 Å². The molecule has 6 nitrogen and oxygen atoms in total. The van der Waals surface area contributed by atoms with Gasteiger partial charge in [-0.1, -0.05) is 0 Å². The molecular formula is C12H17N3O3S. The number of rotatable bonds is 2. The average molecular weight is 283 g/mol. The van der Waals surface area contributed by atoms with E-state index in [-0.39, 0.29) is 23.5 Å². The molecule has 0 aromatic carbocycles. The Kier molecular flexibility index (Phi) is 3.49. The molecule has 1 unspecified atom stereocenters. The molecule has 19 heavy (non-hydrogen) atoms. The second-order valence-corrected chi connectivity index (χ2v) is 7.10. The van der Waals surface area contributed by atoms with Crippen molar-refractivity contribution in [3.63, 3.8) is 0 Å². The molecule has 2 rings (SSSR count). The van der Waals surface area contributed by atoms with E-state index in [4.69, 9.17) is 5.73 Å². The zero-order valence-corrected chi connectivity index (χ0v) is 11.8. The van der Waals surface area contributed by atoms with Crippen LogP contribution in [-0.2, 0) is 9.84 Å². The van der Waals surface area contributed by atoms with Crippen molar-refractivity contribution in [3.05, 3.63) is 23.5 Å². The van der Waals surface area contributed by atoms with Gasteiger partial charge in [0.1, 0.15) is 0 Å². The molecule has 1 aliphatic rings. The number of amides is 1. The minimum atomic E-state index is -3.01. The summed E-state index contributed by atoms with van der Waals surface area (Å²) in [5.74, 6) is -0.0626. The Hall–Kier alpha value is -1.63. The lowest BCUT2D eigenvalue weighted by Gasteiger charge is -2.24. The van der Waals surface area contributed by atoms with Crippen LogP contribution in [0.4, 0.5) is 5.69 Å². The smallest absolute Gasteiger partial charge is 0.255 e. The van der Waals surface area contributed by atoms with Crippen molar-refractivity contribution in [2.75, 3.05) is 24.3 Å². The highest BCUT2D eigenvalue weighted by Gasteiger charge is 2.33. The number of hydrogen-bond acceptors (Lipinski definition) is 5. The highest BCUT2D eigenvalue weighted by Crippen LogP contribution is 2.20. The Labute approximate surface area is 112 Å². The first-order valence-electron chi connectivity index (χ1n) is 6.00. The summed E-state index contributed by atoms with van der Waals surface area (Å²) in [6.07, 6.45) is 1.98. The van der Waals surface area contributed by atoms with Crippen molar-refractivity contribution in [2.45, 2.75) is 19.4 Å². The van der Waals surface area contributed by atoms with Gasteiger partial charge in [-0.2, -0.15) is 0 Å². The number of pyridine rings is 1. The van der Waals surface area contributed by atoms with Crippen LogP contribution in [0.5, 0.6) is 0 Å². The van der Waals surface area contributed by atoms with E-state index in [2.05, 4.69) is 4.98 Å². The average Bonchev–Trinajstić information content (AvgIpc) is 2.71. The lowest BCUT2D eigenvalue weighted by atomic mass is 10.1. The van der Waals surface area contributed by atoms with Crippen molar-refractivity contribution in [3.8, 4) is 0 Å². The largest absolute Gasteiger partial charge is 0.397 e. The zero-order chi connectivity index (χ0) is 14.2. The summed E-state index contributed by atoms with van der Waals surface area (Å²) in [5, 5.41) is 0. The summed E-state index contributed by atoms with van der Waals surface area (Å²) < 4.78 is 22.9. The SMILES string of the molecule is Cc1ncc(N)cc1C(=O)N(C)C1CCS(=O)(=O)C1. The normalized spacial score (nSPS) is 21.3. The Morgan fingerprint density at radius 1 is 1.53 bits per heavy atom. The van der Waals surface area contributed by atoms with E-state index in [9.17, 15) is 13.2 Å². The highest BCUT2D eigenvalue weighted by molar-refractivity contribution is 7.91. The summed E-state index contributed by atoms with van der Waals surface area (Å²) in [5.41, 5.74) is 7.06. The third-order valence-corrected chi connectivity index (χ3v) is 5.17. The molecule has 0 saturated carbocycles. The number of carbonyl (C=O) groups excluding carboxylic acids is 1. The molecule has 1 fully saturated rings. The first-order valence-corrected chi connectivity index (χ1v) is 7.82. The fraction of sp³-hybridized carbons (Fsp3) is 0.500. The second-order valence-electron chi connectivity index (χ2n) is 4.87. The van der Waals surface area contributed by atoms with E-state index in [0.29, 0.717) is 23.4 Å². The number of nitrogen functional groups attached to an aromatic ring is 1. The number of nitrogens with two attached hydrogens (primary N) is 1. The number of hydrogen-bond donors (Lipinski definition) is 1. The molecule has 2 heterocycles. The Morgan fingerprint density at radius 2 is 2.21 bits per heavy atom. The zero-order valence-electron chi connectivity index (χ0n) is 11.0. The highest BCUT2D eigenvalue weighted by atomic mass is 32.2. The van der Waals surface area contributed by atoms with Crippen molar-refractivity contribution in [1.82, 2.24) is 9.88 Å². The number of anilines is 1. The molecule has 0 radical (unpaired) electrons. The number of carbonyl (C=O) groups is 1. The van der Waals surface area contributed by atoms with Crippen molar-refractivity contribution in [1.29, 1.82) is 0 Å². The minimum Gasteiger partial charge on any atom is -0.397 e. The third kappa shape index (κ3) is 2.86. The quantitative estimate of drug-likeness (QED) is 0.838. The predicted molar refractivity (Wildman–Crippen MR) is 72.5 cm³/mol. The van der Waals surface area contributed by atoms with Gasteiger partial charge in [0, 0.05) is 13.1 Å². The van der Waals surface area contributed by atoms with E-state index in [1.54, 1.807) is 20.0 Å². The summed E-state index contributed by atoms with van der Waals surface area (Å²) in [7, 11) is -1.39. The van der Waals surface area contributed by atoms with Crippen LogP contribution in [0.2, 0.25) is 0 Å². The molecule has 7 heteroatoms. The Morgan fingerprint density at radius 3 is 2.79 bits per heavy atom. The van der Waals surface area contributed by atoms with Gasteiger partial charge in [-0.15, -0.1) is 0 Å². The maximum Gasteiger partial charge on any atom is 0.255 e. The van der Waals surface area contributed by atoms with Crippen molar-refractivity contribution in [2.24, 2.45) is 0 Å². The van der Waals surface area contributed by atoms with Crippen LogP contribution < -0.4 is 5.73 Å². The van der Waals surface area contributed by atoms with Crippen LogP contribution in [0.1, 0.15) is 22.5 Å². The molecule has 104 valence electrons. The van der Waals surface area contributed by atoms with E-state index in [0.717, 1.165) is 0 Å². The maximum atomic E-state index is 12.4. The standard InChI is InChI=1S/C12H17N3O3S/c1-8-11(5-9(13)6-14-8)12(16)15(2)10-3-4-19(17,18)7-10/h5-6,10H,3-4,7,13H2,1-2H3. The van der Waals surface area contributed by atoms with E-state index < -0.39 is 9.84 Å². The Balaban J connectivity index is 2.22. The molecule has 0 spiro atoms. The first kappa shape index (κ1) is 13.8. The molecule has 0 aliphatic carbocycles. The van der Waals surface area contributed by atoms with Crippen LogP contribution in [0, 0.1) is 6.92 Å². The topological polar surface area (TPSA) is 93.4 Å². The summed E-state index contributed by atoms with van der Waals surface area (Å²) in [6, 6.07) is 1.31. The molecule has 1 amide bonds. The van der Waals surface area contributed by atoms with Crippen molar-refractivity contribution >= 4 is 21.4 Å². The maximum absolute atomic E-state index is 12.4. The molecule has 1 aromatic heterocycles. The van der Waals surface area contributed by atoms with Crippen LogP contribution in [0.3, 0.4) is 0 Å². The monoisotopic (exact) mass is 283 g/mol. The Bertz CT molecular complexity index is 613. The fourth-order valence-corrected chi connectivity index (χ4v) is 3.98. The lowest BCUT2D eigenvalue weighted by molar-refractivity contribution is 0.0746. The fourth-order valence-electron chi connectivity index (χ4n) is 2.20. The van der Waals surface area contributed by atoms with Gasteiger partial charge in [0.2, 0.25) is 0 Å². The first-order chi connectivity index (χ1) is 8.80. The second kappa shape index (κ2) is 4.80. The summed E-state index contributed by atoms with van der Waals surface area (Å²) in [6.45, 7) is 1.73. The van der Waals surface area contributed by atoms with Gasteiger partial charge in [0.05, 0.1) is 34.6 Å². The molecule has 1 saturated heterocycles. The van der Waals surface area contributed by atoms with E-state index >= 15 is 0 Å². The van der Waals surface area contributed by atoms with E-state index in [1.165, 1.54) is 11.1 Å².